The van der Waals surface area contributed by atoms with E-state index >= 15 is 0 Å². The molecule has 0 fully saturated rings. The SMILES string of the molecule is Cc1ccc(C#N)cc1NC(=O)CCC(C)CN. The van der Waals surface area contributed by atoms with E-state index in [1.165, 1.54) is 0 Å². The van der Waals surface area contributed by atoms with Gasteiger partial charge in [0.25, 0.3) is 0 Å². The van der Waals surface area contributed by atoms with Crippen LogP contribution in [0.1, 0.15) is 30.9 Å². The van der Waals surface area contributed by atoms with E-state index in [0.717, 1.165) is 12.0 Å². The number of hydrogen-bond donors (Lipinski definition) is 2. The average Bonchev–Trinajstić information content (AvgIpc) is 2.38. The van der Waals surface area contributed by atoms with E-state index in [1.807, 2.05) is 19.9 Å². The summed E-state index contributed by atoms with van der Waals surface area (Å²) in [6, 6.07) is 7.32. The second-order valence-corrected chi connectivity index (χ2v) is 4.57. The maximum Gasteiger partial charge on any atom is 0.224 e. The number of nitrogens with zero attached hydrogens (tertiary/aromatic N) is 1. The number of nitriles is 1. The summed E-state index contributed by atoms with van der Waals surface area (Å²) in [5.74, 6) is 0.316. The first-order chi connectivity index (χ1) is 8.56. The fraction of sp³-hybridized carbons (Fsp3) is 0.429. The Morgan fingerprint density at radius 2 is 2.28 bits per heavy atom. The summed E-state index contributed by atoms with van der Waals surface area (Å²) in [5, 5.41) is 11.7. The largest absolute Gasteiger partial charge is 0.330 e. The van der Waals surface area contributed by atoms with Gasteiger partial charge in [-0.25, -0.2) is 0 Å². The number of nitrogens with two attached hydrogens (primary N) is 1. The van der Waals surface area contributed by atoms with Crippen LogP contribution in [0.3, 0.4) is 0 Å². The highest BCUT2D eigenvalue weighted by Crippen LogP contribution is 2.17. The Morgan fingerprint density at radius 3 is 2.89 bits per heavy atom. The third-order valence-corrected chi connectivity index (χ3v) is 2.91. The summed E-state index contributed by atoms with van der Waals surface area (Å²) in [6.45, 7) is 4.52. The molecular formula is C14H19N3O. The Morgan fingerprint density at radius 1 is 1.56 bits per heavy atom. The van der Waals surface area contributed by atoms with Crippen LogP contribution in [0.15, 0.2) is 18.2 Å². The van der Waals surface area contributed by atoms with Gasteiger partial charge >= 0.3 is 0 Å². The van der Waals surface area contributed by atoms with E-state index in [9.17, 15) is 4.79 Å². The lowest BCUT2D eigenvalue weighted by molar-refractivity contribution is -0.116. The van der Waals surface area contributed by atoms with Crippen molar-refractivity contribution in [2.75, 3.05) is 11.9 Å². The molecule has 1 aromatic rings. The lowest BCUT2D eigenvalue weighted by Gasteiger charge is -2.10. The monoisotopic (exact) mass is 245 g/mol. The van der Waals surface area contributed by atoms with E-state index in [1.54, 1.807) is 12.1 Å². The van der Waals surface area contributed by atoms with E-state index in [-0.39, 0.29) is 5.91 Å². The van der Waals surface area contributed by atoms with Crippen molar-refractivity contribution in [1.29, 1.82) is 5.26 Å². The molecule has 0 aliphatic rings. The van der Waals surface area contributed by atoms with Crippen LogP contribution in [-0.2, 0) is 4.79 Å². The fourth-order valence-corrected chi connectivity index (χ4v) is 1.53. The van der Waals surface area contributed by atoms with Crippen molar-refractivity contribution in [2.45, 2.75) is 26.7 Å². The quantitative estimate of drug-likeness (QED) is 0.834. The van der Waals surface area contributed by atoms with Gasteiger partial charge < -0.3 is 11.1 Å². The molecule has 1 aromatic carbocycles. The number of amides is 1. The number of rotatable bonds is 5. The Balaban J connectivity index is 2.62. The van der Waals surface area contributed by atoms with Crippen LogP contribution < -0.4 is 11.1 Å². The first-order valence-corrected chi connectivity index (χ1v) is 6.07. The molecule has 1 amide bonds. The number of carbonyl (C=O) groups excluding carboxylic acids is 1. The lowest BCUT2D eigenvalue weighted by Crippen LogP contribution is -2.16. The van der Waals surface area contributed by atoms with Crippen molar-refractivity contribution in [1.82, 2.24) is 0 Å². The number of anilines is 1. The molecule has 0 saturated carbocycles. The molecule has 0 aliphatic heterocycles. The first kappa shape index (κ1) is 14.2. The number of aryl methyl sites for hydroxylation is 1. The van der Waals surface area contributed by atoms with Gasteiger partial charge in [-0.3, -0.25) is 4.79 Å². The molecule has 1 atom stereocenters. The summed E-state index contributed by atoms with van der Waals surface area (Å²) in [5.41, 5.74) is 7.71. The highest BCUT2D eigenvalue weighted by atomic mass is 16.1. The first-order valence-electron chi connectivity index (χ1n) is 6.07. The summed E-state index contributed by atoms with van der Waals surface area (Å²) >= 11 is 0. The molecule has 0 heterocycles. The zero-order chi connectivity index (χ0) is 13.5. The van der Waals surface area contributed by atoms with Gasteiger partial charge in [0.15, 0.2) is 0 Å². The van der Waals surface area contributed by atoms with Gasteiger partial charge in [-0.15, -0.1) is 0 Å². The molecule has 1 unspecified atom stereocenters. The van der Waals surface area contributed by atoms with Crippen LogP contribution in [0.4, 0.5) is 5.69 Å². The molecule has 1 rings (SSSR count). The molecule has 0 radical (unpaired) electrons. The number of hydrogen-bond acceptors (Lipinski definition) is 3. The van der Waals surface area contributed by atoms with Crippen molar-refractivity contribution >= 4 is 11.6 Å². The molecule has 0 spiro atoms. The lowest BCUT2D eigenvalue weighted by atomic mass is 10.1. The van der Waals surface area contributed by atoms with Gasteiger partial charge in [-0.1, -0.05) is 13.0 Å². The van der Waals surface area contributed by atoms with E-state index < -0.39 is 0 Å². The Bertz CT molecular complexity index is 463. The Hall–Kier alpha value is -1.86. The van der Waals surface area contributed by atoms with Crippen LogP contribution in [0.5, 0.6) is 0 Å². The third kappa shape index (κ3) is 4.19. The topological polar surface area (TPSA) is 78.9 Å². The van der Waals surface area contributed by atoms with Crippen molar-refractivity contribution in [3.8, 4) is 6.07 Å². The second kappa shape index (κ2) is 6.77. The molecule has 0 aromatic heterocycles. The molecule has 4 nitrogen and oxygen atoms in total. The zero-order valence-electron chi connectivity index (χ0n) is 10.9. The standard InChI is InChI=1S/C14H19N3O/c1-10(8-15)3-6-14(18)17-13-7-12(9-16)5-4-11(13)2/h4-5,7,10H,3,6,8,15H2,1-2H3,(H,17,18). The van der Waals surface area contributed by atoms with Crippen LogP contribution in [0, 0.1) is 24.2 Å². The van der Waals surface area contributed by atoms with Crippen LogP contribution in [0.25, 0.3) is 0 Å². The number of nitrogens with one attached hydrogen (secondary N) is 1. The summed E-state index contributed by atoms with van der Waals surface area (Å²) in [4.78, 5) is 11.7. The van der Waals surface area contributed by atoms with Gasteiger partial charge in [0.1, 0.15) is 0 Å². The Kier molecular flexibility index (Phi) is 5.34. The number of carbonyl (C=O) groups is 1. The summed E-state index contributed by atoms with van der Waals surface area (Å²) in [7, 11) is 0. The van der Waals surface area contributed by atoms with Crippen LogP contribution in [-0.4, -0.2) is 12.5 Å². The van der Waals surface area contributed by atoms with Gasteiger partial charge in [0.2, 0.25) is 5.91 Å². The van der Waals surface area contributed by atoms with Crippen molar-refractivity contribution in [2.24, 2.45) is 11.7 Å². The normalized spacial score (nSPS) is 11.7. The predicted molar refractivity (Wildman–Crippen MR) is 72.0 cm³/mol. The summed E-state index contributed by atoms with van der Waals surface area (Å²) < 4.78 is 0. The molecule has 96 valence electrons. The minimum atomic E-state index is -0.0338. The molecule has 4 heteroatoms. The molecule has 0 aliphatic carbocycles. The van der Waals surface area contributed by atoms with Crippen molar-refractivity contribution in [3.05, 3.63) is 29.3 Å². The Labute approximate surface area is 108 Å². The minimum absolute atomic E-state index is 0.0338. The molecule has 3 N–H and O–H groups in total. The van der Waals surface area contributed by atoms with E-state index in [4.69, 9.17) is 11.0 Å². The second-order valence-electron chi connectivity index (χ2n) is 4.57. The summed E-state index contributed by atoms with van der Waals surface area (Å²) in [6.07, 6.45) is 1.23. The predicted octanol–water partition coefficient (Wildman–Crippen LogP) is 2.18. The minimum Gasteiger partial charge on any atom is -0.330 e. The highest BCUT2D eigenvalue weighted by molar-refractivity contribution is 5.91. The maximum absolute atomic E-state index is 11.7. The third-order valence-electron chi connectivity index (χ3n) is 2.91. The van der Waals surface area contributed by atoms with Gasteiger partial charge in [0.05, 0.1) is 11.6 Å². The van der Waals surface area contributed by atoms with Crippen molar-refractivity contribution in [3.63, 3.8) is 0 Å². The zero-order valence-corrected chi connectivity index (χ0v) is 10.9. The van der Waals surface area contributed by atoms with Gasteiger partial charge in [-0.05, 0) is 43.5 Å². The average molecular weight is 245 g/mol. The molecule has 18 heavy (non-hydrogen) atoms. The highest BCUT2D eigenvalue weighted by Gasteiger charge is 2.08. The van der Waals surface area contributed by atoms with Gasteiger partial charge in [-0.2, -0.15) is 5.26 Å². The number of benzene rings is 1. The molecule has 0 bridgehead atoms. The van der Waals surface area contributed by atoms with E-state index in [0.29, 0.717) is 30.1 Å². The maximum atomic E-state index is 11.7. The van der Waals surface area contributed by atoms with Crippen LogP contribution >= 0.6 is 0 Å². The van der Waals surface area contributed by atoms with Gasteiger partial charge in [0, 0.05) is 12.1 Å². The van der Waals surface area contributed by atoms with Crippen LogP contribution in [0.2, 0.25) is 0 Å². The van der Waals surface area contributed by atoms with Crippen molar-refractivity contribution < 1.29 is 4.79 Å². The molecular weight excluding hydrogens is 226 g/mol. The van der Waals surface area contributed by atoms with E-state index in [2.05, 4.69) is 11.4 Å². The fourth-order valence-electron chi connectivity index (χ4n) is 1.53. The molecule has 0 saturated heterocycles. The smallest absolute Gasteiger partial charge is 0.224 e.